The molecular weight excluding hydrogens is 306 g/mol. The van der Waals surface area contributed by atoms with Crippen LogP contribution >= 0.6 is 0 Å². The summed E-state index contributed by atoms with van der Waals surface area (Å²) < 4.78 is 10.3. The Morgan fingerprint density at radius 3 is 2.83 bits per heavy atom. The topological polar surface area (TPSA) is 72.5 Å². The van der Waals surface area contributed by atoms with Gasteiger partial charge in [-0.25, -0.2) is 0 Å². The predicted molar refractivity (Wildman–Crippen MR) is 93.4 cm³/mol. The molecule has 0 atom stereocenters. The van der Waals surface area contributed by atoms with E-state index in [2.05, 4.69) is 15.6 Å². The number of carbonyl (C=O) groups is 1. The lowest BCUT2D eigenvalue weighted by Gasteiger charge is -2.11. The molecule has 0 radical (unpaired) electrons. The van der Waals surface area contributed by atoms with Crippen molar-refractivity contribution in [3.8, 4) is 5.75 Å². The number of aromatic nitrogens is 1. The number of pyridine rings is 1. The Labute approximate surface area is 142 Å². The van der Waals surface area contributed by atoms with Gasteiger partial charge in [-0.1, -0.05) is 18.2 Å². The number of para-hydroxylation sites is 1. The van der Waals surface area contributed by atoms with Crippen LogP contribution in [0.1, 0.15) is 22.3 Å². The van der Waals surface area contributed by atoms with E-state index in [4.69, 9.17) is 9.47 Å². The summed E-state index contributed by atoms with van der Waals surface area (Å²) in [5, 5.41) is 6.11. The Morgan fingerprint density at radius 1 is 1.21 bits per heavy atom. The number of methoxy groups -OCH3 is 2. The van der Waals surface area contributed by atoms with Crippen molar-refractivity contribution in [2.24, 2.45) is 0 Å². The van der Waals surface area contributed by atoms with Crippen LogP contribution in [-0.2, 0) is 11.3 Å². The fraction of sp³-hybridized carbons (Fsp3) is 0.333. The maximum Gasteiger partial charge on any atom is 0.252 e. The number of rotatable bonds is 9. The van der Waals surface area contributed by atoms with E-state index in [1.54, 1.807) is 32.7 Å². The van der Waals surface area contributed by atoms with E-state index in [0.717, 1.165) is 23.4 Å². The first kappa shape index (κ1) is 17.7. The number of nitrogens with zero attached hydrogens (tertiary/aromatic N) is 1. The summed E-state index contributed by atoms with van der Waals surface area (Å²) in [6, 6.07) is 9.58. The van der Waals surface area contributed by atoms with Gasteiger partial charge >= 0.3 is 0 Å². The molecule has 1 heterocycles. The zero-order chi connectivity index (χ0) is 17.2. The van der Waals surface area contributed by atoms with Crippen LogP contribution in [0, 0.1) is 0 Å². The number of nitrogens with one attached hydrogen (secondary N) is 2. The molecule has 24 heavy (non-hydrogen) atoms. The van der Waals surface area contributed by atoms with Crippen LogP contribution < -0.4 is 15.4 Å². The largest absolute Gasteiger partial charge is 0.496 e. The van der Waals surface area contributed by atoms with Crippen molar-refractivity contribution < 1.29 is 14.3 Å². The highest BCUT2D eigenvalue weighted by atomic mass is 16.5. The summed E-state index contributed by atoms with van der Waals surface area (Å²) in [5.74, 6) is 0.685. The highest BCUT2D eigenvalue weighted by Gasteiger charge is 2.07. The van der Waals surface area contributed by atoms with Crippen molar-refractivity contribution in [2.75, 3.05) is 32.7 Å². The minimum absolute atomic E-state index is 0.139. The van der Waals surface area contributed by atoms with Gasteiger partial charge < -0.3 is 20.1 Å². The molecule has 0 bridgehead atoms. The molecule has 1 amide bonds. The van der Waals surface area contributed by atoms with Crippen LogP contribution in [0.2, 0.25) is 0 Å². The van der Waals surface area contributed by atoms with Gasteiger partial charge in [-0.3, -0.25) is 9.78 Å². The SMILES string of the molecule is COCCCNC(=O)c1cncc(NCc2ccccc2OC)c1. The van der Waals surface area contributed by atoms with Gasteiger partial charge in [0, 0.05) is 44.8 Å². The van der Waals surface area contributed by atoms with Gasteiger partial charge in [-0.2, -0.15) is 0 Å². The number of ether oxygens (including phenoxy) is 2. The molecule has 0 aliphatic heterocycles. The summed E-state index contributed by atoms with van der Waals surface area (Å²) in [6.07, 6.45) is 4.03. The first-order valence-electron chi connectivity index (χ1n) is 7.82. The van der Waals surface area contributed by atoms with Gasteiger partial charge in [0.15, 0.2) is 0 Å². The standard InChI is InChI=1S/C18H23N3O3/c1-23-9-5-8-20-18(22)15-10-16(13-19-11-15)21-12-14-6-3-4-7-17(14)24-2/h3-4,6-7,10-11,13,21H,5,8-9,12H2,1-2H3,(H,20,22). The van der Waals surface area contributed by atoms with E-state index in [0.29, 0.717) is 25.3 Å². The second kappa shape index (κ2) is 9.52. The van der Waals surface area contributed by atoms with Crippen molar-refractivity contribution in [2.45, 2.75) is 13.0 Å². The van der Waals surface area contributed by atoms with Gasteiger partial charge in [0.2, 0.25) is 0 Å². The Bertz CT molecular complexity index is 661. The molecule has 0 aliphatic carbocycles. The van der Waals surface area contributed by atoms with Crippen molar-refractivity contribution in [3.63, 3.8) is 0 Å². The molecule has 2 N–H and O–H groups in total. The number of anilines is 1. The summed E-state index contributed by atoms with van der Waals surface area (Å²) in [4.78, 5) is 16.2. The van der Waals surface area contributed by atoms with Crippen molar-refractivity contribution in [1.82, 2.24) is 10.3 Å². The molecule has 0 fully saturated rings. The zero-order valence-electron chi connectivity index (χ0n) is 14.0. The van der Waals surface area contributed by atoms with Crippen LogP contribution in [0.25, 0.3) is 0 Å². The van der Waals surface area contributed by atoms with Crippen molar-refractivity contribution in [1.29, 1.82) is 0 Å². The maximum absolute atomic E-state index is 12.1. The minimum atomic E-state index is -0.139. The van der Waals surface area contributed by atoms with E-state index >= 15 is 0 Å². The molecule has 0 saturated heterocycles. The van der Waals surface area contributed by atoms with Gasteiger partial charge in [0.25, 0.3) is 5.91 Å². The number of hydrogen-bond donors (Lipinski definition) is 2. The monoisotopic (exact) mass is 329 g/mol. The Morgan fingerprint density at radius 2 is 2.04 bits per heavy atom. The predicted octanol–water partition coefficient (Wildman–Crippen LogP) is 2.47. The molecule has 0 saturated carbocycles. The Balaban J connectivity index is 1.93. The number of benzene rings is 1. The van der Waals surface area contributed by atoms with E-state index in [-0.39, 0.29) is 5.91 Å². The summed E-state index contributed by atoms with van der Waals surface area (Å²) in [7, 11) is 3.29. The van der Waals surface area contributed by atoms with E-state index in [9.17, 15) is 4.79 Å². The molecule has 0 aliphatic rings. The van der Waals surface area contributed by atoms with Crippen LogP contribution in [0.3, 0.4) is 0 Å². The smallest absolute Gasteiger partial charge is 0.252 e. The molecule has 6 heteroatoms. The second-order valence-electron chi connectivity index (χ2n) is 5.23. The minimum Gasteiger partial charge on any atom is -0.496 e. The second-order valence-corrected chi connectivity index (χ2v) is 5.23. The zero-order valence-corrected chi connectivity index (χ0v) is 14.0. The lowest BCUT2D eigenvalue weighted by Crippen LogP contribution is -2.25. The molecule has 2 rings (SSSR count). The quantitative estimate of drug-likeness (QED) is 0.692. The third kappa shape index (κ3) is 5.24. The number of hydrogen-bond acceptors (Lipinski definition) is 5. The third-order valence-corrected chi connectivity index (χ3v) is 3.49. The van der Waals surface area contributed by atoms with Crippen LogP contribution in [-0.4, -0.2) is 38.3 Å². The van der Waals surface area contributed by atoms with E-state index in [1.165, 1.54) is 0 Å². The molecule has 6 nitrogen and oxygen atoms in total. The van der Waals surface area contributed by atoms with Crippen LogP contribution in [0.15, 0.2) is 42.7 Å². The molecule has 2 aromatic rings. The Kier molecular flexibility index (Phi) is 7.04. The maximum atomic E-state index is 12.1. The average molecular weight is 329 g/mol. The molecule has 128 valence electrons. The van der Waals surface area contributed by atoms with Gasteiger partial charge in [-0.05, 0) is 18.6 Å². The normalized spacial score (nSPS) is 10.2. The van der Waals surface area contributed by atoms with E-state index in [1.807, 2.05) is 24.3 Å². The summed E-state index contributed by atoms with van der Waals surface area (Å²) in [6.45, 7) is 1.79. The fourth-order valence-corrected chi connectivity index (χ4v) is 2.23. The third-order valence-electron chi connectivity index (χ3n) is 3.49. The average Bonchev–Trinajstić information content (AvgIpc) is 2.64. The lowest BCUT2D eigenvalue weighted by atomic mass is 10.2. The van der Waals surface area contributed by atoms with Gasteiger partial charge in [0.05, 0.1) is 18.4 Å². The van der Waals surface area contributed by atoms with Crippen molar-refractivity contribution in [3.05, 3.63) is 53.9 Å². The molecule has 0 spiro atoms. The van der Waals surface area contributed by atoms with E-state index < -0.39 is 0 Å². The van der Waals surface area contributed by atoms with Crippen molar-refractivity contribution >= 4 is 11.6 Å². The first-order valence-corrected chi connectivity index (χ1v) is 7.82. The van der Waals surface area contributed by atoms with Gasteiger partial charge in [-0.15, -0.1) is 0 Å². The highest BCUT2D eigenvalue weighted by molar-refractivity contribution is 5.94. The summed E-state index contributed by atoms with van der Waals surface area (Å²) in [5.41, 5.74) is 2.34. The number of carbonyl (C=O) groups excluding carboxylic acids is 1. The Hall–Kier alpha value is -2.60. The molecule has 1 aromatic heterocycles. The fourth-order valence-electron chi connectivity index (χ4n) is 2.23. The molecular formula is C18H23N3O3. The lowest BCUT2D eigenvalue weighted by molar-refractivity contribution is 0.0948. The van der Waals surface area contributed by atoms with Gasteiger partial charge in [0.1, 0.15) is 5.75 Å². The molecule has 0 unspecified atom stereocenters. The van der Waals surface area contributed by atoms with Crippen LogP contribution in [0.5, 0.6) is 5.75 Å². The molecule has 1 aromatic carbocycles. The number of amides is 1. The van der Waals surface area contributed by atoms with Crippen LogP contribution in [0.4, 0.5) is 5.69 Å². The highest BCUT2D eigenvalue weighted by Crippen LogP contribution is 2.19. The first-order chi connectivity index (χ1) is 11.7. The summed E-state index contributed by atoms with van der Waals surface area (Å²) >= 11 is 0.